The van der Waals surface area contributed by atoms with E-state index in [1.165, 1.54) is 82.9 Å². The summed E-state index contributed by atoms with van der Waals surface area (Å²) in [5.74, 6) is 0.957. The van der Waals surface area contributed by atoms with Gasteiger partial charge in [0.25, 0.3) is 0 Å². The molecule has 276 valence electrons. The van der Waals surface area contributed by atoms with Gasteiger partial charge >= 0.3 is 0 Å². The summed E-state index contributed by atoms with van der Waals surface area (Å²) in [4.78, 5) is 2.45. The Bertz CT molecular complexity index is 3290. The second-order valence-electron chi connectivity index (χ2n) is 16.4. The summed E-state index contributed by atoms with van der Waals surface area (Å²) in [6.45, 7) is 0. The summed E-state index contributed by atoms with van der Waals surface area (Å²) in [7, 11) is 0. The fourth-order valence-electron chi connectivity index (χ4n) is 11.1. The highest BCUT2D eigenvalue weighted by atomic mass is 15.1. The Labute approximate surface area is 343 Å². The lowest BCUT2D eigenvalue weighted by Gasteiger charge is -2.64. The van der Waals surface area contributed by atoms with Gasteiger partial charge in [-0.3, -0.25) is 0 Å². The lowest BCUT2D eigenvalue weighted by Crippen LogP contribution is -2.59. The van der Waals surface area contributed by atoms with E-state index < -0.39 is 0 Å². The van der Waals surface area contributed by atoms with Crippen molar-refractivity contribution in [2.24, 2.45) is 11.8 Å². The lowest BCUT2D eigenvalue weighted by atomic mass is 9.38. The molecule has 8 aromatic carbocycles. The molecule has 2 nitrogen and oxygen atoms in total. The van der Waals surface area contributed by atoms with Crippen molar-refractivity contribution in [3.05, 3.63) is 241 Å². The number of aromatic nitrogens is 1. The first-order valence-electron chi connectivity index (χ1n) is 20.8. The van der Waals surface area contributed by atoms with Gasteiger partial charge in [-0.1, -0.05) is 164 Å². The van der Waals surface area contributed by atoms with Gasteiger partial charge in [0.15, 0.2) is 0 Å². The minimum Gasteiger partial charge on any atom is -0.310 e. The molecule has 4 aliphatic rings. The van der Waals surface area contributed by atoms with Crippen LogP contribution >= 0.6 is 0 Å². The Morgan fingerprint density at radius 2 is 1.12 bits per heavy atom. The summed E-state index contributed by atoms with van der Waals surface area (Å²) in [6, 6.07) is 67.1. The van der Waals surface area contributed by atoms with Crippen LogP contribution in [0.5, 0.6) is 0 Å². The Morgan fingerprint density at radius 3 is 1.92 bits per heavy atom. The van der Waals surface area contributed by atoms with Gasteiger partial charge < -0.3 is 9.47 Å². The molecule has 0 aliphatic heterocycles. The van der Waals surface area contributed by atoms with Crippen molar-refractivity contribution in [2.75, 3.05) is 4.90 Å². The molecule has 3 atom stereocenters. The Kier molecular flexibility index (Phi) is 6.80. The maximum absolute atomic E-state index is 2.46. The summed E-state index contributed by atoms with van der Waals surface area (Å²) >= 11 is 0. The van der Waals surface area contributed by atoms with Gasteiger partial charge in [0.05, 0.1) is 22.1 Å². The van der Waals surface area contributed by atoms with Crippen LogP contribution < -0.4 is 4.90 Å². The van der Waals surface area contributed by atoms with Gasteiger partial charge in [-0.2, -0.15) is 0 Å². The van der Waals surface area contributed by atoms with Gasteiger partial charge in [0.2, 0.25) is 0 Å². The molecule has 2 heteroatoms. The van der Waals surface area contributed by atoms with Crippen LogP contribution in [0.4, 0.5) is 17.1 Å². The quantitative estimate of drug-likeness (QED) is 0.164. The Morgan fingerprint density at radius 1 is 0.475 bits per heavy atom. The second-order valence-corrected chi connectivity index (χ2v) is 16.4. The summed E-state index contributed by atoms with van der Waals surface area (Å²) < 4.78 is 2.39. The minimum absolute atomic E-state index is 0.0318. The zero-order valence-corrected chi connectivity index (χ0v) is 32.3. The van der Waals surface area contributed by atoms with Crippen molar-refractivity contribution in [3.8, 4) is 27.9 Å². The molecule has 0 N–H and O–H groups in total. The maximum Gasteiger partial charge on any atom is 0.0547 e. The highest BCUT2D eigenvalue weighted by molar-refractivity contribution is 6.11. The topological polar surface area (TPSA) is 8.17 Å². The highest BCUT2D eigenvalue weighted by Gasteiger charge is 2.64. The third kappa shape index (κ3) is 4.46. The van der Waals surface area contributed by atoms with E-state index in [1.54, 1.807) is 5.57 Å². The third-order valence-corrected chi connectivity index (χ3v) is 13.7. The first-order chi connectivity index (χ1) is 29.3. The first-order valence-corrected chi connectivity index (χ1v) is 20.8. The number of fused-ring (bicyclic) bond motifs is 7. The number of para-hydroxylation sites is 2. The van der Waals surface area contributed by atoms with Crippen LogP contribution in [-0.4, -0.2) is 4.57 Å². The molecule has 13 rings (SSSR count). The SMILES string of the molecule is C1=CC2=CC=CC3C2C(=C1)C31c2cccc3c(N(c4ccc(-c5ccccc5)cc4)c4ccc(-c5ccc6c7ccccc7n(-c7ccccc7)c6c5)cc4)ccc1c23. The van der Waals surface area contributed by atoms with Gasteiger partial charge in [-0.15, -0.1) is 0 Å². The van der Waals surface area contributed by atoms with Crippen LogP contribution in [0.15, 0.2) is 230 Å². The number of allylic oxidation sites excluding steroid dienone is 8. The van der Waals surface area contributed by atoms with Crippen molar-refractivity contribution in [3.63, 3.8) is 0 Å². The average molecular weight is 751 g/mol. The smallest absolute Gasteiger partial charge is 0.0547 e. The molecule has 1 fully saturated rings. The standard InChI is InChI=1S/C57H38N2/c1-3-12-37(13-4-1)38-24-29-43(30-25-38)58(53-35-34-51-56-47(53)19-11-22-50(56)57(51)48-20-9-14-40-15-10-21-49(57)55(40)48)44-31-26-39(27-32-44)41-28-33-46-45-18-7-8-23-52(45)59(54(46)36-41)42-16-5-2-6-17-42/h1-36,48,55H. The van der Waals surface area contributed by atoms with Crippen LogP contribution in [0.2, 0.25) is 0 Å². The van der Waals surface area contributed by atoms with E-state index in [0.717, 1.165) is 11.4 Å². The molecule has 59 heavy (non-hydrogen) atoms. The molecular weight excluding hydrogens is 713 g/mol. The predicted molar refractivity (Wildman–Crippen MR) is 246 cm³/mol. The van der Waals surface area contributed by atoms with Crippen LogP contribution in [0.1, 0.15) is 11.1 Å². The second kappa shape index (κ2) is 12.3. The maximum atomic E-state index is 2.46. The monoisotopic (exact) mass is 750 g/mol. The molecule has 1 saturated carbocycles. The molecule has 4 aliphatic carbocycles. The van der Waals surface area contributed by atoms with E-state index in [2.05, 4.69) is 228 Å². The van der Waals surface area contributed by atoms with Crippen molar-refractivity contribution in [2.45, 2.75) is 5.41 Å². The van der Waals surface area contributed by atoms with Gasteiger partial charge in [-0.25, -0.2) is 0 Å². The molecule has 3 unspecified atom stereocenters. The predicted octanol–water partition coefficient (Wildman–Crippen LogP) is 14.6. The molecular formula is C57H38N2. The average Bonchev–Trinajstić information content (AvgIpc) is 3.63. The molecule has 0 saturated heterocycles. The van der Waals surface area contributed by atoms with Crippen LogP contribution in [0.3, 0.4) is 0 Å². The van der Waals surface area contributed by atoms with E-state index in [1.807, 2.05) is 0 Å². The number of hydrogen-bond donors (Lipinski definition) is 0. The largest absolute Gasteiger partial charge is 0.310 e. The van der Waals surface area contributed by atoms with Crippen molar-refractivity contribution >= 4 is 49.6 Å². The Hall–Kier alpha value is -7.42. The molecule has 0 bridgehead atoms. The molecule has 1 aromatic heterocycles. The van der Waals surface area contributed by atoms with E-state index >= 15 is 0 Å². The lowest BCUT2D eigenvalue weighted by molar-refractivity contribution is 0.233. The fraction of sp³-hybridized carbons (Fsp3) is 0.0526. The van der Waals surface area contributed by atoms with Gasteiger partial charge in [0, 0.05) is 45.1 Å². The number of rotatable bonds is 6. The normalized spacial score (nSPS) is 19.3. The molecule has 0 amide bonds. The van der Waals surface area contributed by atoms with Crippen LogP contribution in [-0.2, 0) is 5.41 Å². The summed E-state index contributed by atoms with van der Waals surface area (Å²) in [6.07, 6.45) is 14.0. The number of nitrogens with zero attached hydrogens (tertiary/aromatic N) is 2. The fourth-order valence-corrected chi connectivity index (χ4v) is 11.1. The zero-order valence-electron chi connectivity index (χ0n) is 32.3. The van der Waals surface area contributed by atoms with Crippen molar-refractivity contribution < 1.29 is 0 Å². The van der Waals surface area contributed by atoms with Crippen LogP contribution in [0.25, 0.3) is 60.5 Å². The number of benzene rings is 8. The summed E-state index contributed by atoms with van der Waals surface area (Å²) in [5.41, 5.74) is 17.8. The van der Waals surface area contributed by atoms with Crippen LogP contribution in [0, 0.1) is 11.8 Å². The number of hydrogen-bond acceptors (Lipinski definition) is 1. The van der Waals surface area contributed by atoms with Gasteiger partial charge in [-0.05, 0) is 105 Å². The molecule has 0 radical (unpaired) electrons. The van der Waals surface area contributed by atoms with Gasteiger partial charge in [0.1, 0.15) is 0 Å². The van der Waals surface area contributed by atoms with E-state index in [-0.39, 0.29) is 5.41 Å². The highest BCUT2D eigenvalue weighted by Crippen LogP contribution is 2.71. The first kappa shape index (κ1) is 32.6. The third-order valence-electron chi connectivity index (χ3n) is 13.7. The van der Waals surface area contributed by atoms with Crippen molar-refractivity contribution in [1.82, 2.24) is 4.57 Å². The molecule has 1 spiro atoms. The van der Waals surface area contributed by atoms with Crippen molar-refractivity contribution in [1.29, 1.82) is 0 Å². The zero-order chi connectivity index (χ0) is 38.7. The van der Waals surface area contributed by atoms with E-state index in [0.29, 0.717) is 11.8 Å². The molecule has 9 aromatic rings. The van der Waals surface area contributed by atoms with E-state index in [9.17, 15) is 0 Å². The Balaban J connectivity index is 0.938. The number of anilines is 3. The minimum atomic E-state index is -0.0318. The molecule has 1 heterocycles. The summed E-state index contributed by atoms with van der Waals surface area (Å²) in [5, 5.41) is 5.24. The van der Waals surface area contributed by atoms with E-state index in [4.69, 9.17) is 0 Å².